The number of aromatic nitrogens is 3. The number of nitrogens with one attached hydrogen (secondary N) is 1. The Balaban J connectivity index is 1.44. The minimum Gasteiger partial charge on any atom is -0.387 e. The van der Waals surface area contributed by atoms with Gasteiger partial charge < -0.3 is 9.74 Å². The Hall–Kier alpha value is -4.68. The second-order valence-corrected chi connectivity index (χ2v) is 7.54. The van der Waals surface area contributed by atoms with Crippen molar-refractivity contribution >= 4 is 23.0 Å². The maximum atomic E-state index is 13.1. The van der Waals surface area contributed by atoms with Crippen LogP contribution in [0.1, 0.15) is 21.6 Å². The molecule has 1 aliphatic rings. The molecule has 9 heteroatoms. The van der Waals surface area contributed by atoms with Gasteiger partial charge in [-0.2, -0.15) is 5.26 Å². The molecular weight excluding hydrogens is 418 g/mol. The molecule has 0 spiro atoms. The number of nitriles is 1. The highest BCUT2D eigenvalue weighted by Gasteiger charge is 2.18. The molecule has 1 N–H and O–H groups in total. The molecule has 5 rings (SSSR count). The topological polar surface area (TPSA) is 98.8 Å². The van der Waals surface area contributed by atoms with Crippen molar-refractivity contribution in [3.05, 3.63) is 90.1 Å². The van der Waals surface area contributed by atoms with Crippen LogP contribution >= 0.6 is 0 Å². The molecule has 0 bridgehead atoms. The maximum absolute atomic E-state index is 13.1. The molecule has 0 saturated heterocycles. The predicted molar refractivity (Wildman–Crippen MR) is 122 cm³/mol. The van der Waals surface area contributed by atoms with Crippen LogP contribution in [-0.4, -0.2) is 39.4 Å². The van der Waals surface area contributed by atoms with E-state index in [4.69, 9.17) is 10.1 Å². The summed E-state index contributed by atoms with van der Waals surface area (Å²) in [6.07, 6.45) is 6.88. The van der Waals surface area contributed by atoms with E-state index in [0.717, 1.165) is 22.6 Å². The van der Waals surface area contributed by atoms with Gasteiger partial charge >= 0.3 is 0 Å². The van der Waals surface area contributed by atoms with E-state index in [0.29, 0.717) is 16.9 Å². The number of hydrogen-bond donors (Lipinski definition) is 1. The number of rotatable bonds is 4. The third-order valence-electron chi connectivity index (χ3n) is 5.38. The van der Waals surface area contributed by atoms with Gasteiger partial charge in [0.05, 0.1) is 35.9 Å². The van der Waals surface area contributed by atoms with Gasteiger partial charge in [-0.05, 0) is 24.3 Å². The standard InChI is InChI=1S/C24H19N7O2/c1-29-15-22(33-28-29)18-7-5-17(6-8-18)21-12-27-23-13-26-20(14-31(21)23)24(32)30(2)19-9-3-16(11-25)4-10-19/h3-10,12-15,28H,1-2H3. The van der Waals surface area contributed by atoms with Crippen LogP contribution in [0.2, 0.25) is 0 Å². The second kappa shape index (κ2) is 8.11. The van der Waals surface area contributed by atoms with E-state index in [1.807, 2.05) is 41.9 Å². The lowest BCUT2D eigenvalue weighted by Crippen LogP contribution is -2.27. The molecule has 0 atom stereocenters. The van der Waals surface area contributed by atoms with Crippen LogP contribution in [0, 0.1) is 11.3 Å². The fourth-order valence-electron chi connectivity index (χ4n) is 3.55. The van der Waals surface area contributed by atoms with Gasteiger partial charge in [-0.25, -0.2) is 9.97 Å². The summed E-state index contributed by atoms with van der Waals surface area (Å²) in [6.45, 7) is 0. The first-order chi connectivity index (χ1) is 16.0. The summed E-state index contributed by atoms with van der Waals surface area (Å²) in [5.74, 6) is 0.462. The van der Waals surface area contributed by atoms with Gasteiger partial charge in [0.25, 0.3) is 5.91 Å². The zero-order valence-corrected chi connectivity index (χ0v) is 17.9. The summed E-state index contributed by atoms with van der Waals surface area (Å²) >= 11 is 0. The van der Waals surface area contributed by atoms with E-state index in [9.17, 15) is 4.79 Å². The van der Waals surface area contributed by atoms with Crippen molar-refractivity contribution in [1.29, 1.82) is 5.26 Å². The van der Waals surface area contributed by atoms with Gasteiger partial charge in [0.15, 0.2) is 11.4 Å². The number of anilines is 1. The largest absolute Gasteiger partial charge is 0.387 e. The van der Waals surface area contributed by atoms with Crippen LogP contribution in [0.3, 0.4) is 0 Å². The molecule has 0 fully saturated rings. The smallest absolute Gasteiger partial charge is 0.278 e. The van der Waals surface area contributed by atoms with E-state index in [2.05, 4.69) is 21.6 Å². The van der Waals surface area contributed by atoms with E-state index in [-0.39, 0.29) is 11.6 Å². The van der Waals surface area contributed by atoms with Gasteiger partial charge in [0.2, 0.25) is 0 Å². The molecule has 2 aromatic carbocycles. The average molecular weight is 437 g/mol. The first-order valence-corrected chi connectivity index (χ1v) is 10.1. The summed E-state index contributed by atoms with van der Waals surface area (Å²) in [7, 11) is 3.53. The Bertz CT molecular complexity index is 1420. The average Bonchev–Trinajstić information content (AvgIpc) is 3.49. The number of amides is 1. The highest BCUT2D eigenvalue weighted by molar-refractivity contribution is 6.04. The highest BCUT2D eigenvalue weighted by Crippen LogP contribution is 2.25. The summed E-state index contributed by atoms with van der Waals surface area (Å²) in [5.41, 5.74) is 7.59. The van der Waals surface area contributed by atoms with Crippen LogP contribution in [0.15, 0.2) is 73.3 Å². The lowest BCUT2D eigenvalue weighted by Gasteiger charge is -2.17. The quantitative estimate of drug-likeness (QED) is 0.523. The first-order valence-electron chi connectivity index (χ1n) is 10.1. The summed E-state index contributed by atoms with van der Waals surface area (Å²) < 4.78 is 1.85. The fourth-order valence-corrected chi connectivity index (χ4v) is 3.55. The number of benzene rings is 2. The molecular formula is C24H19N7O2. The van der Waals surface area contributed by atoms with E-state index in [1.54, 1.807) is 54.9 Å². The monoisotopic (exact) mass is 437 g/mol. The van der Waals surface area contributed by atoms with Gasteiger partial charge in [0.1, 0.15) is 5.69 Å². The van der Waals surface area contributed by atoms with Crippen molar-refractivity contribution in [2.24, 2.45) is 0 Å². The molecule has 9 nitrogen and oxygen atoms in total. The molecule has 0 aliphatic carbocycles. The lowest BCUT2D eigenvalue weighted by atomic mass is 10.1. The molecule has 0 saturated carbocycles. The zero-order chi connectivity index (χ0) is 22.9. The Morgan fingerprint density at radius 2 is 1.79 bits per heavy atom. The van der Waals surface area contributed by atoms with Crippen molar-refractivity contribution in [2.45, 2.75) is 0 Å². The predicted octanol–water partition coefficient (Wildman–Crippen LogP) is 3.22. The van der Waals surface area contributed by atoms with E-state index in [1.165, 1.54) is 4.90 Å². The molecule has 4 aromatic rings. The second-order valence-electron chi connectivity index (χ2n) is 7.54. The Morgan fingerprint density at radius 3 is 2.45 bits per heavy atom. The van der Waals surface area contributed by atoms with Gasteiger partial charge in [-0.1, -0.05) is 29.9 Å². The highest BCUT2D eigenvalue weighted by atomic mass is 16.7. The molecule has 2 aromatic heterocycles. The molecule has 162 valence electrons. The van der Waals surface area contributed by atoms with E-state index < -0.39 is 0 Å². The molecule has 1 amide bonds. The molecule has 0 unspecified atom stereocenters. The van der Waals surface area contributed by atoms with Gasteiger partial charge in [-0.3, -0.25) is 14.2 Å². The Morgan fingerprint density at radius 1 is 1.06 bits per heavy atom. The normalized spacial score (nSPS) is 12.9. The van der Waals surface area contributed by atoms with Crippen molar-refractivity contribution in [3.63, 3.8) is 0 Å². The van der Waals surface area contributed by atoms with Crippen LogP contribution in [0.5, 0.6) is 0 Å². The van der Waals surface area contributed by atoms with Crippen molar-refractivity contribution in [3.8, 4) is 17.3 Å². The lowest BCUT2D eigenvalue weighted by molar-refractivity contribution is 0.0649. The maximum Gasteiger partial charge on any atom is 0.278 e. The SMILES string of the molecule is CN1C=C(c2ccc(-c3cnc4cnc(C(=O)N(C)c5ccc(C#N)cc5)cn34)cc2)ON1. The van der Waals surface area contributed by atoms with Crippen LogP contribution in [0.4, 0.5) is 5.69 Å². The summed E-state index contributed by atoms with van der Waals surface area (Å²) in [5, 5.41) is 10.7. The zero-order valence-electron chi connectivity index (χ0n) is 17.9. The number of fused-ring (bicyclic) bond motifs is 1. The van der Waals surface area contributed by atoms with Crippen LogP contribution in [0.25, 0.3) is 22.7 Å². The Kier molecular flexibility index (Phi) is 4.97. The number of nitrogens with zero attached hydrogens (tertiary/aromatic N) is 6. The van der Waals surface area contributed by atoms with Gasteiger partial charge in [-0.15, -0.1) is 0 Å². The summed E-state index contributed by atoms with van der Waals surface area (Å²) in [6, 6.07) is 16.8. The summed E-state index contributed by atoms with van der Waals surface area (Å²) in [4.78, 5) is 28.7. The number of carbonyl (C=O) groups excluding carboxylic acids is 1. The number of hydrazine groups is 1. The number of carbonyl (C=O) groups is 1. The van der Waals surface area contributed by atoms with Crippen molar-refractivity contribution in [1.82, 2.24) is 25.0 Å². The number of hydrogen-bond acceptors (Lipinski definition) is 7. The fraction of sp³-hybridized carbons (Fsp3) is 0.0833. The van der Waals surface area contributed by atoms with Crippen molar-refractivity contribution < 1.29 is 9.63 Å². The van der Waals surface area contributed by atoms with Crippen molar-refractivity contribution in [2.75, 3.05) is 19.0 Å². The van der Waals surface area contributed by atoms with Crippen LogP contribution in [-0.2, 0) is 4.84 Å². The minimum atomic E-state index is -0.265. The molecule has 3 heterocycles. The minimum absolute atomic E-state index is 0.265. The Labute approximate surface area is 189 Å². The van der Waals surface area contributed by atoms with Gasteiger partial charge in [0, 0.05) is 37.1 Å². The molecule has 1 aliphatic heterocycles. The number of imidazole rings is 1. The molecule has 0 radical (unpaired) electrons. The third-order valence-corrected chi connectivity index (χ3v) is 5.38. The first kappa shape index (κ1) is 20.2. The molecule has 33 heavy (non-hydrogen) atoms. The third kappa shape index (κ3) is 3.75. The van der Waals surface area contributed by atoms with Crippen LogP contribution < -0.4 is 10.5 Å². The van der Waals surface area contributed by atoms with E-state index >= 15 is 0 Å².